The van der Waals surface area contributed by atoms with Crippen LogP contribution in [-0.2, 0) is 0 Å². The molecule has 0 saturated heterocycles. The molecule has 0 fully saturated rings. The molecule has 0 bridgehead atoms. The minimum absolute atomic E-state index is 0.141. The van der Waals surface area contributed by atoms with Gasteiger partial charge in [-0.05, 0) is 63.7 Å². The molecule has 1 unspecified atom stereocenters. The third-order valence-electron chi connectivity index (χ3n) is 4.02. The number of amides is 2. The van der Waals surface area contributed by atoms with Crippen LogP contribution in [0.5, 0.6) is 0 Å². The van der Waals surface area contributed by atoms with Crippen LogP contribution in [0.4, 0.5) is 16.2 Å². The van der Waals surface area contributed by atoms with Gasteiger partial charge in [-0.25, -0.2) is 4.79 Å². The van der Waals surface area contributed by atoms with E-state index in [1.807, 2.05) is 43.3 Å². The number of carbonyl (C=O) groups excluding carboxylic acids is 1. The number of carbonyl (C=O) groups is 1. The van der Waals surface area contributed by atoms with Crippen molar-refractivity contribution in [2.45, 2.75) is 39.7 Å². The zero-order chi connectivity index (χ0) is 17.2. The number of hydrogen-bond donors (Lipinski definition) is 2. The summed E-state index contributed by atoms with van der Waals surface area (Å²) in [5.74, 6) is 0. The molecule has 0 spiro atoms. The van der Waals surface area contributed by atoms with Crippen molar-refractivity contribution in [1.82, 2.24) is 10.2 Å². The first-order chi connectivity index (χ1) is 11.0. The molecule has 1 aromatic rings. The summed E-state index contributed by atoms with van der Waals surface area (Å²) in [6.07, 6.45) is 2.09. The van der Waals surface area contributed by atoms with Crippen molar-refractivity contribution in [3.05, 3.63) is 24.3 Å². The van der Waals surface area contributed by atoms with E-state index in [1.54, 1.807) is 0 Å². The number of hydrogen-bond acceptors (Lipinski definition) is 3. The summed E-state index contributed by atoms with van der Waals surface area (Å²) in [6.45, 7) is 9.67. The molecule has 23 heavy (non-hydrogen) atoms. The van der Waals surface area contributed by atoms with Gasteiger partial charge in [0.05, 0.1) is 0 Å². The van der Waals surface area contributed by atoms with Gasteiger partial charge in [0.25, 0.3) is 0 Å². The van der Waals surface area contributed by atoms with Gasteiger partial charge in [0, 0.05) is 31.5 Å². The molecule has 0 aromatic heterocycles. The largest absolute Gasteiger partial charge is 0.378 e. The summed E-state index contributed by atoms with van der Waals surface area (Å²) in [5, 5.41) is 5.88. The van der Waals surface area contributed by atoms with E-state index in [2.05, 4.69) is 36.3 Å². The minimum atomic E-state index is -0.141. The van der Waals surface area contributed by atoms with Crippen molar-refractivity contribution in [3.8, 4) is 0 Å². The highest BCUT2D eigenvalue weighted by Crippen LogP contribution is 2.15. The third-order valence-corrected chi connectivity index (χ3v) is 4.02. The van der Waals surface area contributed by atoms with Crippen molar-refractivity contribution in [2.24, 2.45) is 0 Å². The van der Waals surface area contributed by atoms with Gasteiger partial charge >= 0.3 is 6.03 Å². The second-order valence-electron chi connectivity index (χ2n) is 6.11. The lowest BCUT2D eigenvalue weighted by Gasteiger charge is -2.20. The minimum Gasteiger partial charge on any atom is -0.378 e. The Hall–Kier alpha value is -1.75. The van der Waals surface area contributed by atoms with E-state index >= 15 is 0 Å². The molecule has 130 valence electrons. The highest BCUT2D eigenvalue weighted by molar-refractivity contribution is 5.89. The van der Waals surface area contributed by atoms with Gasteiger partial charge in [-0.1, -0.05) is 13.8 Å². The standard InChI is InChI=1S/C18H32N4O/c1-6-22(7-2)14-8-9-15(3)19-18(23)20-16-10-12-17(13-11-16)21(4)5/h10-13,15H,6-9,14H2,1-5H3,(H2,19,20,23). The molecule has 0 saturated carbocycles. The first-order valence-corrected chi connectivity index (χ1v) is 8.53. The molecule has 1 atom stereocenters. The molecule has 1 rings (SSSR count). The Balaban J connectivity index is 2.32. The zero-order valence-corrected chi connectivity index (χ0v) is 15.2. The smallest absolute Gasteiger partial charge is 0.319 e. The topological polar surface area (TPSA) is 47.6 Å². The summed E-state index contributed by atoms with van der Waals surface area (Å²) < 4.78 is 0. The van der Waals surface area contributed by atoms with E-state index < -0.39 is 0 Å². The Morgan fingerprint density at radius 3 is 2.26 bits per heavy atom. The maximum absolute atomic E-state index is 12.0. The molecule has 2 N–H and O–H groups in total. The number of nitrogens with one attached hydrogen (secondary N) is 2. The summed E-state index contributed by atoms with van der Waals surface area (Å²) in [7, 11) is 3.99. The fourth-order valence-corrected chi connectivity index (χ4v) is 2.47. The van der Waals surface area contributed by atoms with Crippen molar-refractivity contribution in [3.63, 3.8) is 0 Å². The number of nitrogens with zero attached hydrogens (tertiary/aromatic N) is 2. The average Bonchev–Trinajstić information content (AvgIpc) is 2.52. The van der Waals surface area contributed by atoms with Gasteiger partial charge in [-0.3, -0.25) is 0 Å². The van der Waals surface area contributed by atoms with Crippen molar-refractivity contribution in [1.29, 1.82) is 0 Å². The first kappa shape index (κ1) is 19.3. The zero-order valence-electron chi connectivity index (χ0n) is 15.2. The van der Waals surface area contributed by atoms with Gasteiger partial charge in [0.1, 0.15) is 0 Å². The fourth-order valence-electron chi connectivity index (χ4n) is 2.47. The number of anilines is 2. The highest BCUT2D eigenvalue weighted by Gasteiger charge is 2.08. The van der Waals surface area contributed by atoms with E-state index in [-0.39, 0.29) is 12.1 Å². The van der Waals surface area contributed by atoms with E-state index in [0.717, 1.165) is 43.9 Å². The van der Waals surface area contributed by atoms with Gasteiger partial charge in [-0.2, -0.15) is 0 Å². The van der Waals surface area contributed by atoms with Crippen LogP contribution in [0.2, 0.25) is 0 Å². The monoisotopic (exact) mass is 320 g/mol. The lowest BCUT2D eigenvalue weighted by atomic mass is 10.2. The normalized spacial score (nSPS) is 12.1. The second-order valence-corrected chi connectivity index (χ2v) is 6.11. The van der Waals surface area contributed by atoms with Crippen LogP contribution >= 0.6 is 0 Å². The van der Waals surface area contributed by atoms with Gasteiger partial charge < -0.3 is 20.4 Å². The predicted octanol–water partition coefficient (Wildman–Crippen LogP) is 3.38. The average molecular weight is 320 g/mol. The Morgan fingerprint density at radius 1 is 1.13 bits per heavy atom. The summed E-state index contributed by atoms with van der Waals surface area (Å²) in [6, 6.07) is 7.84. The van der Waals surface area contributed by atoms with Crippen molar-refractivity contribution in [2.75, 3.05) is 43.9 Å². The van der Waals surface area contributed by atoms with E-state index in [9.17, 15) is 4.79 Å². The van der Waals surface area contributed by atoms with Gasteiger partial charge in [0.15, 0.2) is 0 Å². The molecular formula is C18H32N4O. The lowest BCUT2D eigenvalue weighted by Crippen LogP contribution is -2.36. The Morgan fingerprint density at radius 2 is 1.74 bits per heavy atom. The highest BCUT2D eigenvalue weighted by atomic mass is 16.2. The molecule has 5 nitrogen and oxygen atoms in total. The van der Waals surface area contributed by atoms with Crippen LogP contribution in [0.1, 0.15) is 33.6 Å². The quantitative estimate of drug-likeness (QED) is 0.733. The van der Waals surface area contributed by atoms with E-state index in [4.69, 9.17) is 0 Å². The summed E-state index contributed by atoms with van der Waals surface area (Å²) in [5.41, 5.74) is 1.92. The number of urea groups is 1. The first-order valence-electron chi connectivity index (χ1n) is 8.53. The maximum Gasteiger partial charge on any atom is 0.319 e. The number of benzene rings is 1. The molecule has 1 aromatic carbocycles. The van der Waals surface area contributed by atoms with Crippen LogP contribution in [0.15, 0.2) is 24.3 Å². The Kier molecular flexibility index (Phi) is 8.48. The molecule has 0 heterocycles. The Labute approximate surface area is 141 Å². The van der Waals surface area contributed by atoms with E-state index in [1.165, 1.54) is 0 Å². The SMILES string of the molecule is CCN(CC)CCCC(C)NC(=O)Nc1ccc(N(C)C)cc1. The van der Waals surface area contributed by atoms with Crippen LogP contribution in [-0.4, -0.2) is 50.7 Å². The van der Waals surface area contributed by atoms with Gasteiger partial charge in [-0.15, -0.1) is 0 Å². The number of rotatable bonds is 9. The fraction of sp³-hybridized carbons (Fsp3) is 0.611. The summed E-state index contributed by atoms with van der Waals surface area (Å²) >= 11 is 0. The van der Waals surface area contributed by atoms with Crippen molar-refractivity contribution < 1.29 is 4.79 Å². The lowest BCUT2D eigenvalue weighted by molar-refractivity contribution is 0.247. The molecule has 0 radical (unpaired) electrons. The van der Waals surface area contributed by atoms with Crippen LogP contribution < -0.4 is 15.5 Å². The Bertz CT molecular complexity index is 455. The molecular weight excluding hydrogens is 288 g/mol. The maximum atomic E-state index is 12.0. The molecule has 0 aliphatic heterocycles. The second kappa shape index (κ2) is 10.1. The van der Waals surface area contributed by atoms with Crippen molar-refractivity contribution >= 4 is 17.4 Å². The molecule has 5 heteroatoms. The predicted molar refractivity (Wildman–Crippen MR) is 99.4 cm³/mol. The van der Waals surface area contributed by atoms with Crippen LogP contribution in [0, 0.1) is 0 Å². The molecule has 2 amide bonds. The van der Waals surface area contributed by atoms with Gasteiger partial charge in [0.2, 0.25) is 0 Å². The molecule has 0 aliphatic carbocycles. The summed E-state index contributed by atoms with van der Waals surface area (Å²) in [4.78, 5) is 16.4. The van der Waals surface area contributed by atoms with E-state index in [0.29, 0.717) is 0 Å². The van der Waals surface area contributed by atoms with Crippen LogP contribution in [0.25, 0.3) is 0 Å². The molecule has 0 aliphatic rings. The third kappa shape index (κ3) is 7.37. The van der Waals surface area contributed by atoms with Crippen LogP contribution in [0.3, 0.4) is 0 Å².